The zero-order valence-corrected chi connectivity index (χ0v) is 23.8. The third kappa shape index (κ3) is 3.11. The standard InChI is InChI=1S/C39H27NS/c1-39(2)32-19-16-24(23-31(32)37-33(39)20-18-29-28-13-7-9-15-36(28)41-38(29)37)25-17-21-35-30(22-25)27-12-6-8-14-34(27)40(35)26-10-4-3-5-11-26/h3-23H,1-2H3. The summed E-state index contributed by atoms with van der Waals surface area (Å²) in [6, 6.07) is 47.1. The maximum atomic E-state index is 2.45. The summed E-state index contributed by atoms with van der Waals surface area (Å²) in [5, 5.41) is 5.30. The van der Waals surface area contributed by atoms with Crippen molar-refractivity contribution in [2.24, 2.45) is 0 Å². The number of aromatic nitrogens is 1. The molecule has 8 aromatic rings. The molecule has 0 unspecified atom stereocenters. The van der Waals surface area contributed by atoms with E-state index in [9.17, 15) is 0 Å². The van der Waals surface area contributed by atoms with Crippen molar-refractivity contribution in [3.63, 3.8) is 0 Å². The molecule has 2 heterocycles. The number of thiophene rings is 1. The lowest BCUT2D eigenvalue weighted by Crippen LogP contribution is -2.14. The molecule has 0 fully saturated rings. The minimum atomic E-state index is -0.0272. The number of rotatable bonds is 2. The van der Waals surface area contributed by atoms with E-state index in [0.29, 0.717) is 0 Å². The molecule has 0 aliphatic heterocycles. The van der Waals surface area contributed by atoms with Gasteiger partial charge in [0.15, 0.2) is 0 Å². The SMILES string of the molecule is CC1(C)c2ccc(-c3ccc4c(c3)c3ccccc3n4-c3ccccc3)cc2-c2c1ccc1c2sc2ccccc21. The van der Waals surface area contributed by atoms with Gasteiger partial charge in [-0.2, -0.15) is 0 Å². The van der Waals surface area contributed by atoms with Crippen LogP contribution in [0.25, 0.3) is 69.9 Å². The van der Waals surface area contributed by atoms with E-state index in [2.05, 4.69) is 146 Å². The molecule has 194 valence electrons. The van der Waals surface area contributed by atoms with Crippen LogP contribution in [0.15, 0.2) is 127 Å². The second-order valence-electron chi connectivity index (χ2n) is 11.8. The van der Waals surface area contributed by atoms with Crippen molar-refractivity contribution in [3.05, 3.63) is 139 Å². The maximum absolute atomic E-state index is 2.45. The van der Waals surface area contributed by atoms with Gasteiger partial charge in [0.05, 0.1) is 11.0 Å². The molecule has 0 bridgehead atoms. The van der Waals surface area contributed by atoms with Gasteiger partial charge in [-0.25, -0.2) is 0 Å². The molecule has 0 saturated heterocycles. The fourth-order valence-corrected chi connectivity index (χ4v) is 8.47. The summed E-state index contributed by atoms with van der Waals surface area (Å²) in [5.41, 5.74) is 11.8. The summed E-state index contributed by atoms with van der Waals surface area (Å²) in [4.78, 5) is 0. The first-order valence-corrected chi connectivity index (χ1v) is 15.1. The van der Waals surface area contributed by atoms with Gasteiger partial charge in [0, 0.05) is 47.6 Å². The van der Waals surface area contributed by atoms with Crippen molar-refractivity contribution >= 4 is 53.3 Å². The molecule has 41 heavy (non-hydrogen) atoms. The highest BCUT2D eigenvalue weighted by Gasteiger charge is 2.37. The van der Waals surface area contributed by atoms with Crippen LogP contribution in [0.5, 0.6) is 0 Å². The van der Waals surface area contributed by atoms with Crippen LogP contribution in [0.1, 0.15) is 25.0 Å². The molecule has 0 radical (unpaired) electrons. The Morgan fingerprint density at radius 1 is 0.537 bits per heavy atom. The van der Waals surface area contributed by atoms with E-state index in [1.165, 1.54) is 81.0 Å². The summed E-state index contributed by atoms with van der Waals surface area (Å²) in [7, 11) is 0. The molecule has 1 nitrogen and oxygen atoms in total. The monoisotopic (exact) mass is 541 g/mol. The normalized spacial score (nSPS) is 13.8. The molecule has 2 aromatic heterocycles. The van der Waals surface area contributed by atoms with Gasteiger partial charge < -0.3 is 4.57 Å². The van der Waals surface area contributed by atoms with E-state index in [1.807, 2.05) is 11.3 Å². The molecule has 0 spiro atoms. The highest BCUT2D eigenvalue weighted by molar-refractivity contribution is 7.26. The van der Waals surface area contributed by atoms with E-state index in [4.69, 9.17) is 0 Å². The topological polar surface area (TPSA) is 4.93 Å². The predicted molar refractivity (Wildman–Crippen MR) is 177 cm³/mol. The van der Waals surface area contributed by atoms with Gasteiger partial charge in [0.2, 0.25) is 0 Å². The van der Waals surface area contributed by atoms with E-state index in [0.717, 1.165) is 0 Å². The lowest BCUT2D eigenvalue weighted by molar-refractivity contribution is 0.661. The van der Waals surface area contributed by atoms with Crippen LogP contribution in [0.2, 0.25) is 0 Å². The van der Waals surface area contributed by atoms with Gasteiger partial charge in [-0.05, 0) is 70.3 Å². The molecule has 2 heteroatoms. The first-order valence-electron chi connectivity index (χ1n) is 14.3. The number of nitrogens with zero attached hydrogens (tertiary/aromatic N) is 1. The largest absolute Gasteiger partial charge is 0.309 e. The van der Waals surface area contributed by atoms with Crippen molar-refractivity contribution in [2.75, 3.05) is 0 Å². The van der Waals surface area contributed by atoms with Crippen LogP contribution in [-0.4, -0.2) is 4.57 Å². The first kappa shape index (κ1) is 23.1. The van der Waals surface area contributed by atoms with Crippen LogP contribution in [0, 0.1) is 0 Å². The van der Waals surface area contributed by atoms with Gasteiger partial charge in [-0.3, -0.25) is 0 Å². The third-order valence-corrected chi connectivity index (χ3v) is 10.4. The molecule has 0 saturated carbocycles. The first-order chi connectivity index (χ1) is 20.1. The van der Waals surface area contributed by atoms with Crippen molar-refractivity contribution in [3.8, 4) is 27.9 Å². The van der Waals surface area contributed by atoms with Gasteiger partial charge in [0.1, 0.15) is 0 Å². The second kappa shape index (κ2) is 8.19. The van der Waals surface area contributed by atoms with Crippen LogP contribution in [-0.2, 0) is 5.41 Å². The molecular weight excluding hydrogens is 515 g/mol. The molecule has 9 rings (SSSR count). The molecule has 0 amide bonds. The van der Waals surface area contributed by atoms with Crippen LogP contribution in [0.4, 0.5) is 0 Å². The van der Waals surface area contributed by atoms with Crippen LogP contribution in [0.3, 0.4) is 0 Å². The number of hydrogen-bond acceptors (Lipinski definition) is 1. The lowest BCUT2D eigenvalue weighted by atomic mass is 9.82. The van der Waals surface area contributed by atoms with E-state index in [-0.39, 0.29) is 5.41 Å². The summed E-state index contributed by atoms with van der Waals surface area (Å²) in [5.74, 6) is 0. The quantitative estimate of drug-likeness (QED) is 0.205. The maximum Gasteiger partial charge on any atom is 0.0541 e. The number of fused-ring (bicyclic) bond motifs is 10. The number of para-hydroxylation sites is 2. The fraction of sp³-hybridized carbons (Fsp3) is 0.0769. The Morgan fingerprint density at radius 2 is 1.22 bits per heavy atom. The van der Waals surface area contributed by atoms with Gasteiger partial charge >= 0.3 is 0 Å². The molecular formula is C39H27NS. The second-order valence-corrected chi connectivity index (χ2v) is 12.8. The molecule has 1 aliphatic rings. The average Bonchev–Trinajstić information content (AvgIpc) is 3.63. The lowest BCUT2D eigenvalue weighted by Gasteiger charge is -2.21. The van der Waals surface area contributed by atoms with Gasteiger partial charge in [-0.15, -0.1) is 11.3 Å². The molecule has 0 atom stereocenters. The van der Waals surface area contributed by atoms with Crippen molar-refractivity contribution in [1.82, 2.24) is 4.57 Å². The number of hydrogen-bond donors (Lipinski definition) is 0. The Bertz CT molecular complexity index is 2330. The minimum Gasteiger partial charge on any atom is -0.309 e. The Kier molecular flexibility index (Phi) is 4.61. The predicted octanol–water partition coefficient (Wildman–Crippen LogP) is 11.1. The van der Waals surface area contributed by atoms with E-state index in [1.54, 1.807) is 0 Å². The molecule has 0 N–H and O–H groups in total. The fourth-order valence-electron chi connectivity index (χ4n) is 7.21. The Balaban J connectivity index is 1.28. The van der Waals surface area contributed by atoms with Crippen molar-refractivity contribution in [1.29, 1.82) is 0 Å². The summed E-state index contributed by atoms with van der Waals surface area (Å²) in [6.07, 6.45) is 0. The van der Waals surface area contributed by atoms with Gasteiger partial charge in [-0.1, -0.05) is 98.8 Å². The van der Waals surface area contributed by atoms with Crippen LogP contribution >= 0.6 is 11.3 Å². The molecule has 6 aromatic carbocycles. The summed E-state index contributed by atoms with van der Waals surface area (Å²) >= 11 is 1.93. The van der Waals surface area contributed by atoms with E-state index >= 15 is 0 Å². The number of benzene rings is 6. The highest BCUT2D eigenvalue weighted by Crippen LogP contribution is 2.54. The molecule has 1 aliphatic carbocycles. The Labute approximate surface area is 242 Å². The van der Waals surface area contributed by atoms with E-state index < -0.39 is 0 Å². The third-order valence-electron chi connectivity index (χ3n) is 9.20. The summed E-state index contributed by atoms with van der Waals surface area (Å²) < 4.78 is 5.15. The summed E-state index contributed by atoms with van der Waals surface area (Å²) in [6.45, 7) is 4.75. The minimum absolute atomic E-state index is 0.0272. The zero-order chi connectivity index (χ0) is 27.3. The Morgan fingerprint density at radius 3 is 2.10 bits per heavy atom. The van der Waals surface area contributed by atoms with Crippen molar-refractivity contribution in [2.45, 2.75) is 19.3 Å². The van der Waals surface area contributed by atoms with Gasteiger partial charge in [0.25, 0.3) is 0 Å². The zero-order valence-electron chi connectivity index (χ0n) is 23.0. The Hall–Kier alpha value is -4.66. The highest BCUT2D eigenvalue weighted by atomic mass is 32.1. The van der Waals surface area contributed by atoms with Crippen molar-refractivity contribution < 1.29 is 0 Å². The smallest absolute Gasteiger partial charge is 0.0541 e. The average molecular weight is 542 g/mol. The van der Waals surface area contributed by atoms with Crippen LogP contribution < -0.4 is 0 Å².